The van der Waals surface area contributed by atoms with Crippen molar-refractivity contribution in [3.63, 3.8) is 0 Å². The van der Waals surface area contributed by atoms with E-state index >= 15 is 0 Å². The minimum atomic E-state index is -4.51. The lowest BCUT2D eigenvalue weighted by Gasteiger charge is -2.40. The van der Waals surface area contributed by atoms with E-state index in [1.807, 2.05) is 19.9 Å². The summed E-state index contributed by atoms with van der Waals surface area (Å²) in [4.78, 5) is 21.1. The van der Waals surface area contributed by atoms with E-state index in [2.05, 4.69) is 20.2 Å². The van der Waals surface area contributed by atoms with Gasteiger partial charge in [0.25, 0.3) is 5.56 Å². The minimum Gasteiger partial charge on any atom is -0.356 e. The molecule has 0 aliphatic carbocycles. The van der Waals surface area contributed by atoms with Crippen LogP contribution in [0.15, 0.2) is 35.4 Å². The summed E-state index contributed by atoms with van der Waals surface area (Å²) < 4.78 is 41.5. The first kappa shape index (κ1) is 19.1. The van der Waals surface area contributed by atoms with E-state index in [1.165, 1.54) is 10.7 Å². The van der Waals surface area contributed by atoms with E-state index < -0.39 is 11.9 Å². The lowest BCUT2D eigenvalue weighted by molar-refractivity contribution is -0.141. The topological polar surface area (TPSA) is 81.7 Å². The second kappa shape index (κ2) is 6.98. The molecule has 0 bridgehead atoms. The maximum Gasteiger partial charge on any atom is 0.433 e. The van der Waals surface area contributed by atoms with E-state index in [4.69, 9.17) is 0 Å². The summed E-state index contributed by atoms with van der Waals surface area (Å²) in [5, 5.41) is 8.76. The average molecular weight is 405 g/mol. The van der Waals surface area contributed by atoms with Crippen LogP contribution < -0.4 is 10.5 Å². The van der Waals surface area contributed by atoms with Gasteiger partial charge in [0.15, 0.2) is 5.82 Å². The van der Waals surface area contributed by atoms with Gasteiger partial charge in [0, 0.05) is 36.8 Å². The van der Waals surface area contributed by atoms with E-state index in [0.29, 0.717) is 25.5 Å². The smallest absolute Gasteiger partial charge is 0.356 e. The zero-order chi connectivity index (χ0) is 20.8. The second-order valence-electron chi connectivity index (χ2n) is 7.08. The fourth-order valence-corrected chi connectivity index (χ4v) is 3.33. The van der Waals surface area contributed by atoms with Crippen LogP contribution in [0.3, 0.4) is 0 Å². The van der Waals surface area contributed by atoms with Gasteiger partial charge in [-0.2, -0.15) is 18.3 Å². The Morgan fingerprint density at radius 3 is 2.48 bits per heavy atom. The third-order valence-electron chi connectivity index (χ3n) is 4.73. The van der Waals surface area contributed by atoms with Gasteiger partial charge in [-0.25, -0.2) is 19.3 Å². The van der Waals surface area contributed by atoms with Crippen LogP contribution in [0.4, 0.5) is 19.0 Å². The molecule has 0 saturated carbocycles. The molecule has 8 nitrogen and oxygen atoms in total. The highest BCUT2D eigenvalue weighted by molar-refractivity contribution is 5.42. The zero-order valence-corrected chi connectivity index (χ0v) is 15.8. The maximum absolute atomic E-state index is 12.8. The quantitative estimate of drug-likeness (QED) is 0.660. The second-order valence-corrected chi connectivity index (χ2v) is 7.08. The summed E-state index contributed by atoms with van der Waals surface area (Å²) in [6, 6.07) is 5.90. The molecule has 3 aromatic heterocycles. The largest absolute Gasteiger partial charge is 0.433 e. The molecule has 152 valence electrons. The number of rotatable bonds is 4. The summed E-state index contributed by atoms with van der Waals surface area (Å²) in [7, 11) is 0. The van der Waals surface area contributed by atoms with Gasteiger partial charge in [0.1, 0.15) is 17.8 Å². The monoisotopic (exact) mass is 405 g/mol. The molecule has 1 aliphatic rings. The Labute approximate surface area is 163 Å². The predicted molar refractivity (Wildman–Crippen MR) is 97.8 cm³/mol. The van der Waals surface area contributed by atoms with E-state index in [0.717, 1.165) is 23.8 Å². The van der Waals surface area contributed by atoms with Crippen LogP contribution in [-0.4, -0.2) is 42.6 Å². The van der Waals surface area contributed by atoms with Crippen molar-refractivity contribution >= 4 is 5.82 Å². The van der Waals surface area contributed by atoms with Crippen LogP contribution in [0.25, 0.3) is 5.82 Å². The van der Waals surface area contributed by atoms with Crippen LogP contribution in [-0.2, 0) is 12.7 Å². The van der Waals surface area contributed by atoms with Gasteiger partial charge in [-0.15, -0.1) is 5.10 Å². The fourth-order valence-electron chi connectivity index (χ4n) is 3.33. The summed E-state index contributed by atoms with van der Waals surface area (Å²) in [6.45, 7) is 5.09. The Hall–Kier alpha value is -3.24. The van der Waals surface area contributed by atoms with Gasteiger partial charge in [-0.1, -0.05) is 0 Å². The Kier molecular flexibility index (Phi) is 4.59. The molecule has 1 saturated heterocycles. The molecule has 3 aromatic rings. The Bertz CT molecular complexity index is 1100. The van der Waals surface area contributed by atoms with E-state index in [-0.39, 0.29) is 17.3 Å². The minimum absolute atomic E-state index is 0.0696. The normalized spacial score (nSPS) is 14.9. The van der Waals surface area contributed by atoms with Crippen LogP contribution in [0.2, 0.25) is 0 Å². The van der Waals surface area contributed by atoms with Crippen LogP contribution in [0.5, 0.6) is 0 Å². The van der Waals surface area contributed by atoms with Crippen molar-refractivity contribution in [2.75, 3.05) is 18.0 Å². The van der Waals surface area contributed by atoms with Gasteiger partial charge >= 0.3 is 6.18 Å². The highest BCUT2D eigenvalue weighted by atomic mass is 19.4. The molecule has 0 aromatic carbocycles. The first-order chi connectivity index (χ1) is 13.7. The zero-order valence-electron chi connectivity index (χ0n) is 15.8. The first-order valence-electron chi connectivity index (χ1n) is 8.97. The van der Waals surface area contributed by atoms with Crippen molar-refractivity contribution < 1.29 is 13.2 Å². The molecular formula is C18H18F3N7O. The number of hydrogen-bond donors (Lipinski definition) is 0. The summed E-state index contributed by atoms with van der Waals surface area (Å²) in [5.74, 6) is 0.831. The van der Waals surface area contributed by atoms with Gasteiger partial charge in [-0.05, 0) is 26.0 Å². The Balaban J connectivity index is 1.46. The van der Waals surface area contributed by atoms with Crippen molar-refractivity contribution in [1.29, 1.82) is 0 Å². The van der Waals surface area contributed by atoms with Crippen molar-refractivity contribution in [3.05, 3.63) is 58.0 Å². The Morgan fingerprint density at radius 2 is 1.83 bits per heavy atom. The van der Waals surface area contributed by atoms with E-state index in [1.54, 1.807) is 15.6 Å². The predicted octanol–water partition coefficient (Wildman–Crippen LogP) is 1.99. The molecular weight excluding hydrogens is 387 g/mol. The Morgan fingerprint density at radius 1 is 1.07 bits per heavy atom. The molecule has 4 rings (SSSR count). The fraction of sp³-hybridized carbons (Fsp3) is 0.389. The lowest BCUT2D eigenvalue weighted by atomic mass is 10.0. The van der Waals surface area contributed by atoms with Crippen molar-refractivity contribution in [1.82, 2.24) is 29.5 Å². The molecule has 1 fully saturated rings. The molecule has 0 unspecified atom stereocenters. The number of alkyl halides is 3. The SMILES string of the molecule is Cc1cc(C)n(-c2ccc(=O)n(CC3CN(c4cc(C(F)(F)F)ncn4)C3)n2)n1. The number of anilines is 1. The highest BCUT2D eigenvalue weighted by Gasteiger charge is 2.35. The summed E-state index contributed by atoms with van der Waals surface area (Å²) in [6.07, 6.45) is -3.60. The van der Waals surface area contributed by atoms with Crippen LogP contribution in [0.1, 0.15) is 17.1 Å². The third kappa shape index (κ3) is 3.84. The maximum atomic E-state index is 12.8. The first-order valence-corrected chi connectivity index (χ1v) is 8.97. The van der Waals surface area contributed by atoms with Crippen LogP contribution in [0, 0.1) is 19.8 Å². The number of aryl methyl sites for hydroxylation is 2. The molecule has 0 radical (unpaired) electrons. The van der Waals surface area contributed by atoms with Gasteiger partial charge in [0.2, 0.25) is 0 Å². The molecule has 29 heavy (non-hydrogen) atoms. The summed E-state index contributed by atoms with van der Waals surface area (Å²) in [5.41, 5.74) is 0.538. The number of nitrogens with zero attached hydrogens (tertiary/aromatic N) is 7. The van der Waals surface area contributed by atoms with Gasteiger partial charge in [-0.3, -0.25) is 4.79 Å². The average Bonchev–Trinajstić information content (AvgIpc) is 2.97. The number of hydrogen-bond acceptors (Lipinski definition) is 6. The molecule has 11 heteroatoms. The molecule has 0 atom stereocenters. The van der Waals surface area contributed by atoms with E-state index in [9.17, 15) is 18.0 Å². The van der Waals surface area contributed by atoms with Crippen molar-refractivity contribution in [2.45, 2.75) is 26.6 Å². The molecule has 1 aliphatic heterocycles. The summed E-state index contributed by atoms with van der Waals surface area (Å²) >= 11 is 0. The lowest BCUT2D eigenvalue weighted by Crippen LogP contribution is -2.50. The highest BCUT2D eigenvalue weighted by Crippen LogP contribution is 2.31. The number of halogens is 3. The third-order valence-corrected chi connectivity index (χ3v) is 4.73. The van der Waals surface area contributed by atoms with Crippen molar-refractivity contribution in [3.8, 4) is 5.82 Å². The van der Waals surface area contributed by atoms with Crippen molar-refractivity contribution in [2.24, 2.45) is 5.92 Å². The molecule has 0 N–H and O–H groups in total. The van der Waals surface area contributed by atoms with Gasteiger partial charge in [0.05, 0.1) is 12.2 Å². The molecule has 0 amide bonds. The molecule has 0 spiro atoms. The van der Waals surface area contributed by atoms with Gasteiger partial charge < -0.3 is 4.90 Å². The molecule has 4 heterocycles. The number of aromatic nitrogens is 6. The van der Waals surface area contributed by atoms with Crippen LogP contribution >= 0.6 is 0 Å². The standard InChI is InChI=1S/C18H18F3N7O/c1-11-5-12(2)28(24-11)15-3-4-17(29)27(25-15)9-13-7-26(8-13)16-6-14(18(19,20)21)22-10-23-16/h3-6,10,13H,7-9H2,1-2H3.